The highest BCUT2D eigenvalue weighted by molar-refractivity contribution is 5.76. The maximum Gasteiger partial charge on any atom is 0.145 e. The molecule has 0 saturated heterocycles. The second kappa shape index (κ2) is 3.67. The van der Waals surface area contributed by atoms with E-state index in [4.69, 9.17) is 0 Å². The summed E-state index contributed by atoms with van der Waals surface area (Å²) >= 11 is 0. The lowest BCUT2D eigenvalue weighted by Crippen LogP contribution is -1.93. The number of nitrogens with zero attached hydrogens (tertiary/aromatic N) is 2. The molecule has 12 heavy (non-hydrogen) atoms. The predicted molar refractivity (Wildman–Crippen MR) is 47.4 cm³/mol. The normalized spacial score (nSPS) is 11.2. The van der Waals surface area contributed by atoms with Gasteiger partial charge in [-0.05, 0) is 24.6 Å². The first-order chi connectivity index (χ1) is 5.74. The molecule has 1 aromatic rings. The third-order valence-electron chi connectivity index (χ3n) is 1.38. The largest absolute Gasteiger partial charge is 0.298 e. The minimum Gasteiger partial charge on any atom is -0.298 e. The van der Waals surface area contributed by atoms with E-state index in [2.05, 4.69) is 11.7 Å². The Balaban J connectivity index is 2.80. The van der Waals surface area contributed by atoms with Crippen molar-refractivity contribution in [1.82, 2.24) is 9.78 Å². The number of hydrogen-bond donors (Lipinski definition) is 0. The summed E-state index contributed by atoms with van der Waals surface area (Å²) in [6, 6.07) is 1.80. The fourth-order valence-electron chi connectivity index (χ4n) is 0.802. The van der Waals surface area contributed by atoms with Gasteiger partial charge in [0.1, 0.15) is 6.29 Å². The van der Waals surface area contributed by atoms with Crippen LogP contribution in [0.2, 0.25) is 0 Å². The molecular weight excluding hydrogens is 152 g/mol. The summed E-state index contributed by atoms with van der Waals surface area (Å²) in [4.78, 5) is 10.3. The Kier molecular flexibility index (Phi) is 2.58. The van der Waals surface area contributed by atoms with Crippen LogP contribution in [0.15, 0.2) is 36.7 Å². The molecule has 62 valence electrons. The van der Waals surface area contributed by atoms with Gasteiger partial charge in [-0.1, -0.05) is 6.58 Å². The van der Waals surface area contributed by atoms with Crippen LogP contribution >= 0.6 is 0 Å². The topological polar surface area (TPSA) is 34.9 Å². The Bertz CT molecular complexity index is 309. The average molecular weight is 162 g/mol. The van der Waals surface area contributed by atoms with Gasteiger partial charge in [-0.25, -0.2) is 4.68 Å². The van der Waals surface area contributed by atoms with Gasteiger partial charge in [0.2, 0.25) is 0 Å². The molecule has 0 amide bonds. The monoisotopic (exact) mass is 162 g/mol. The molecule has 0 N–H and O–H groups in total. The average Bonchev–Trinajstić information content (AvgIpc) is 2.56. The van der Waals surface area contributed by atoms with Crippen molar-refractivity contribution in [3.05, 3.63) is 36.7 Å². The van der Waals surface area contributed by atoms with Gasteiger partial charge >= 0.3 is 0 Å². The number of hydrogen-bond acceptors (Lipinski definition) is 2. The Morgan fingerprint density at radius 1 is 1.67 bits per heavy atom. The van der Waals surface area contributed by atoms with Crippen molar-refractivity contribution in [2.24, 2.45) is 0 Å². The number of aromatic nitrogens is 2. The lowest BCUT2D eigenvalue weighted by atomic mass is 10.3. The fourth-order valence-corrected chi connectivity index (χ4v) is 0.802. The third kappa shape index (κ3) is 1.92. The Morgan fingerprint density at radius 2 is 2.42 bits per heavy atom. The van der Waals surface area contributed by atoms with E-state index in [0.29, 0.717) is 11.3 Å². The molecule has 0 fully saturated rings. The molecule has 0 aromatic carbocycles. The summed E-state index contributed by atoms with van der Waals surface area (Å²) in [5.74, 6) is 0. The molecule has 0 bridgehead atoms. The van der Waals surface area contributed by atoms with Gasteiger partial charge in [0, 0.05) is 12.4 Å². The van der Waals surface area contributed by atoms with Gasteiger partial charge in [0.25, 0.3) is 0 Å². The highest BCUT2D eigenvalue weighted by Gasteiger charge is 1.93. The second-order valence-electron chi connectivity index (χ2n) is 2.45. The van der Waals surface area contributed by atoms with Crippen molar-refractivity contribution < 1.29 is 4.79 Å². The fraction of sp³-hybridized carbons (Fsp3) is 0.111. The first kappa shape index (κ1) is 8.46. The van der Waals surface area contributed by atoms with E-state index in [-0.39, 0.29) is 0 Å². The molecule has 0 aliphatic rings. The first-order valence-electron chi connectivity index (χ1n) is 3.56. The summed E-state index contributed by atoms with van der Waals surface area (Å²) in [6.45, 7) is 5.47. The maximum absolute atomic E-state index is 10.3. The molecule has 0 atom stereocenters. The van der Waals surface area contributed by atoms with Gasteiger partial charge in [-0.2, -0.15) is 5.10 Å². The predicted octanol–water partition coefficient (Wildman–Crippen LogP) is 1.50. The zero-order valence-electron chi connectivity index (χ0n) is 6.90. The van der Waals surface area contributed by atoms with Gasteiger partial charge in [0.05, 0.1) is 5.70 Å². The Morgan fingerprint density at radius 3 is 2.92 bits per heavy atom. The van der Waals surface area contributed by atoms with Crippen LogP contribution in [0.4, 0.5) is 0 Å². The molecule has 1 aromatic heterocycles. The van der Waals surface area contributed by atoms with Gasteiger partial charge in [-0.15, -0.1) is 0 Å². The number of aldehydes is 1. The Labute approximate surface area is 71.0 Å². The van der Waals surface area contributed by atoms with E-state index >= 15 is 0 Å². The third-order valence-corrected chi connectivity index (χ3v) is 1.38. The molecule has 0 spiro atoms. The summed E-state index contributed by atoms with van der Waals surface area (Å²) in [5.41, 5.74) is 1.32. The lowest BCUT2D eigenvalue weighted by molar-refractivity contribution is -0.104. The summed E-state index contributed by atoms with van der Waals surface area (Å²) in [5, 5.41) is 3.96. The van der Waals surface area contributed by atoms with E-state index in [9.17, 15) is 4.79 Å². The van der Waals surface area contributed by atoms with Crippen molar-refractivity contribution in [2.45, 2.75) is 6.92 Å². The van der Waals surface area contributed by atoms with Crippen LogP contribution in [0.5, 0.6) is 0 Å². The molecule has 1 rings (SSSR count). The van der Waals surface area contributed by atoms with E-state index in [1.165, 1.54) is 0 Å². The van der Waals surface area contributed by atoms with E-state index in [1.54, 1.807) is 36.1 Å². The highest BCUT2D eigenvalue weighted by atomic mass is 16.1. The highest BCUT2D eigenvalue weighted by Crippen LogP contribution is 2.03. The summed E-state index contributed by atoms with van der Waals surface area (Å²) in [7, 11) is 0. The van der Waals surface area contributed by atoms with Crippen LogP contribution in [-0.2, 0) is 4.79 Å². The van der Waals surface area contributed by atoms with E-state index < -0.39 is 0 Å². The molecule has 0 aliphatic heterocycles. The molecule has 0 aliphatic carbocycles. The molecule has 0 radical (unpaired) electrons. The zero-order valence-corrected chi connectivity index (χ0v) is 6.90. The minimum atomic E-state index is 0.635. The summed E-state index contributed by atoms with van der Waals surface area (Å²) < 4.78 is 1.60. The Hall–Kier alpha value is -1.64. The van der Waals surface area contributed by atoms with Crippen LogP contribution in [-0.4, -0.2) is 16.1 Å². The molecule has 3 nitrogen and oxygen atoms in total. The van der Waals surface area contributed by atoms with Crippen LogP contribution in [0.25, 0.3) is 5.70 Å². The molecular formula is C9H10N2O. The molecule has 3 heteroatoms. The van der Waals surface area contributed by atoms with Gasteiger partial charge < -0.3 is 0 Å². The molecule has 0 saturated carbocycles. The first-order valence-corrected chi connectivity index (χ1v) is 3.56. The zero-order chi connectivity index (χ0) is 8.97. The molecule has 1 heterocycles. The smallest absolute Gasteiger partial charge is 0.145 e. The van der Waals surface area contributed by atoms with Crippen molar-refractivity contribution in [1.29, 1.82) is 0 Å². The van der Waals surface area contributed by atoms with Crippen molar-refractivity contribution in [3.8, 4) is 0 Å². The standard InChI is InChI=1S/C9H10N2O/c1-8(7-12)6-9(2)11-5-3-4-10-11/h3-7H,2H2,1H3/b8-6+. The van der Waals surface area contributed by atoms with E-state index in [1.807, 2.05) is 0 Å². The van der Waals surface area contributed by atoms with Crippen molar-refractivity contribution in [2.75, 3.05) is 0 Å². The minimum absolute atomic E-state index is 0.635. The van der Waals surface area contributed by atoms with Gasteiger partial charge in [-0.3, -0.25) is 4.79 Å². The van der Waals surface area contributed by atoms with Crippen LogP contribution in [0, 0.1) is 0 Å². The number of allylic oxidation sites excluding steroid dienone is 3. The second-order valence-corrected chi connectivity index (χ2v) is 2.45. The van der Waals surface area contributed by atoms with Gasteiger partial charge in [0.15, 0.2) is 0 Å². The molecule has 0 unspecified atom stereocenters. The lowest BCUT2D eigenvalue weighted by Gasteiger charge is -1.98. The quantitative estimate of drug-likeness (QED) is 0.383. The van der Waals surface area contributed by atoms with Crippen molar-refractivity contribution >= 4 is 12.0 Å². The number of rotatable bonds is 3. The van der Waals surface area contributed by atoms with Crippen LogP contribution in [0.3, 0.4) is 0 Å². The van der Waals surface area contributed by atoms with Crippen molar-refractivity contribution in [3.63, 3.8) is 0 Å². The van der Waals surface area contributed by atoms with Crippen LogP contribution < -0.4 is 0 Å². The maximum atomic E-state index is 10.3. The van der Waals surface area contributed by atoms with E-state index in [0.717, 1.165) is 6.29 Å². The van der Waals surface area contributed by atoms with Crippen LogP contribution in [0.1, 0.15) is 6.92 Å². The summed E-state index contributed by atoms with van der Waals surface area (Å²) in [6.07, 6.45) is 5.90. The SMILES string of the molecule is C=C(/C=C(\C)C=O)n1cccn1. The number of carbonyl (C=O) groups excluding carboxylic acids is 1. The number of carbonyl (C=O) groups is 1.